The van der Waals surface area contributed by atoms with Crippen LogP contribution in [0.1, 0.15) is 39.2 Å². The van der Waals surface area contributed by atoms with Gasteiger partial charge in [-0.1, -0.05) is 15.9 Å². The zero-order valence-corrected chi connectivity index (χ0v) is 19.2. The van der Waals surface area contributed by atoms with Gasteiger partial charge in [0.1, 0.15) is 23.2 Å². The van der Waals surface area contributed by atoms with Gasteiger partial charge in [0.25, 0.3) is 0 Å². The third-order valence-corrected chi connectivity index (χ3v) is 5.06. The van der Waals surface area contributed by atoms with Gasteiger partial charge in [0.2, 0.25) is 5.88 Å². The lowest BCUT2D eigenvalue weighted by Gasteiger charge is -2.29. The molecule has 6 nitrogen and oxygen atoms in total. The van der Waals surface area contributed by atoms with Crippen molar-refractivity contribution in [1.29, 1.82) is 5.26 Å². The van der Waals surface area contributed by atoms with Gasteiger partial charge in [0.15, 0.2) is 0 Å². The quantitative estimate of drug-likeness (QED) is 0.432. The van der Waals surface area contributed by atoms with E-state index in [1.807, 2.05) is 26.0 Å². The van der Waals surface area contributed by atoms with Gasteiger partial charge in [0.05, 0.1) is 27.8 Å². The van der Waals surface area contributed by atoms with Crippen molar-refractivity contribution in [2.45, 2.75) is 39.7 Å². The van der Waals surface area contributed by atoms with Crippen molar-refractivity contribution >= 4 is 44.5 Å². The van der Waals surface area contributed by atoms with E-state index in [9.17, 15) is 10.1 Å². The second-order valence-electron chi connectivity index (χ2n) is 6.09. The lowest BCUT2D eigenvalue weighted by molar-refractivity contribution is -0.139. The van der Waals surface area contributed by atoms with Crippen LogP contribution >= 0.6 is 38.5 Å². The average Bonchev–Trinajstić information content (AvgIpc) is 2.56. The smallest absolute Gasteiger partial charge is 0.338 e. The van der Waals surface area contributed by atoms with Gasteiger partial charge in [-0.2, -0.15) is 5.26 Å². The summed E-state index contributed by atoms with van der Waals surface area (Å²) in [6.07, 6.45) is -0.0961. The molecule has 144 valence electrons. The first kappa shape index (κ1) is 21.6. The van der Waals surface area contributed by atoms with Crippen molar-refractivity contribution in [2.24, 2.45) is 5.73 Å². The molecule has 0 saturated carbocycles. The number of halogens is 2. The van der Waals surface area contributed by atoms with Gasteiger partial charge in [-0.25, -0.2) is 4.79 Å². The maximum absolute atomic E-state index is 12.7. The van der Waals surface area contributed by atoms with E-state index in [1.54, 1.807) is 13.8 Å². The Hall–Kier alpha value is -1.73. The molecule has 0 spiro atoms. The molecule has 0 aromatic heterocycles. The molecule has 27 heavy (non-hydrogen) atoms. The number of ether oxygens (including phenoxy) is 3. The Bertz CT molecular complexity index is 871. The normalized spacial score (nSPS) is 16.9. The third kappa shape index (κ3) is 4.58. The van der Waals surface area contributed by atoms with Crippen LogP contribution in [0.4, 0.5) is 0 Å². The summed E-state index contributed by atoms with van der Waals surface area (Å²) in [5.41, 5.74) is 7.00. The van der Waals surface area contributed by atoms with Crippen molar-refractivity contribution in [3.63, 3.8) is 0 Å². The summed E-state index contributed by atoms with van der Waals surface area (Å²) in [5, 5.41) is 9.72. The number of nitrogens with two attached hydrogens (primary N) is 1. The van der Waals surface area contributed by atoms with Gasteiger partial charge in [0, 0.05) is 10.0 Å². The van der Waals surface area contributed by atoms with E-state index in [-0.39, 0.29) is 29.7 Å². The van der Waals surface area contributed by atoms with Gasteiger partial charge >= 0.3 is 5.97 Å². The highest BCUT2D eigenvalue weighted by molar-refractivity contribution is 14.1. The maximum Gasteiger partial charge on any atom is 0.338 e. The van der Waals surface area contributed by atoms with E-state index in [1.165, 1.54) is 0 Å². The number of hydrogen-bond donors (Lipinski definition) is 1. The van der Waals surface area contributed by atoms with Crippen LogP contribution in [0.2, 0.25) is 0 Å². The van der Waals surface area contributed by atoms with Crippen LogP contribution in [-0.4, -0.2) is 18.7 Å². The van der Waals surface area contributed by atoms with Crippen LogP contribution < -0.4 is 10.5 Å². The van der Waals surface area contributed by atoms with Crippen LogP contribution in [0.3, 0.4) is 0 Å². The molecule has 2 N–H and O–H groups in total. The van der Waals surface area contributed by atoms with Crippen LogP contribution in [0, 0.1) is 14.9 Å². The minimum absolute atomic E-state index is 0.0291. The summed E-state index contributed by atoms with van der Waals surface area (Å²) in [6.45, 7) is 7.38. The van der Waals surface area contributed by atoms with E-state index >= 15 is 0 Å². The van der Waals surface area contributed by atoms with Crippen molar-refractivity contribution in [2.75, 3.05) is 6.61 Å². The van der Waals surface area contributed by atoms with Crippen molar-refractivity contribution < 1.29 is 19.0 Å². The highest BCUT2D eigenvalue weighted by atomic mass is 127. The summed E-state index contributed by atoms with van der Waals surface area (Å²) in [6, 6.07) is 5.81. The van der Waals surface area contributed by atoms with E-state index in [4.69, 9.17) is 19.9 Å². The molecule has 8 heteroatoms. The summed E-state index contributed by atoms with van der Waals surface area (Å²) >= 11 is 5.65. The predicted molar refractivity (Wildman–Crippen MR) is 113 cm³/mol. The molecule has 1 aromatic carbocycles. The number of nitriles is 1. The second kappa shape index (κ2) is 8.97. The number of allylic oxidation sites excluding steroid dienone is 2. The molecular formula is C19H20BrIN2O4. The van der Waals surface area contributed by atoms with E-state index in [2.05, 4.69) is 44.6 Å². The molecule has 1 heterocycles. The molecule has 1 atom stereocenters. The fourth-order valence-corrected chi connectivity index (χ4v) is 4.50. The Kier molecular flexibility index (Phi) is 7.17. The van der Waals surface area contributed by atoms with Crippen LogP contribution in [0.25, 0.3) is 0 Å². The number of rotatable bonds is 5. The molecule has 0 saturated heterocycles. The Labute approximate surface area is 180 Å². The van der Waals surface area contributed by atoms with E-state index in [0.29, 0.717) is 17.1 Å². The zero-order valence-electron chi connectivity index (χ0n) is 15.4. The number of carbonyl (C=O) groups is 1. The lowest BCUT2D eigenvalue weighted by Crippen LogP contribution is -2.26. The Balaban J connectivity index is 2.79. The molecule has 0 amide bonds. The minimum Gasteiger partial charge on any atom is -0.490 e. The van der Waals surface area contributed by atoms with Crippen molar-refractivity contribution in [3.8, 4) is 11.8 Å². The van der Waals surface area contributed by atoms with Crippen molar-refractivity contribution in [1.82, 2.24) is 0 Å². The van der Waals surface area contributed by atoms with Gasteiger partial charge in [-0.3, -0.25) is 0 Å². The molecule has 1 aliphatic heterocycles. The number of hydrogen-bond acceptors (Lipinski definition) is 6. The van der Waals surface area contributed by atoms with Crippen LogP contribution in [0.15, 0.2) is 39.4 Å². The molecule has 2 rings (SSSR count). The predicted octanol–water partition coefficient (Wildman–Crippen LogP) is 4.49. The molecule has 1 aliphatic rings. The third-order valence-electron chi connectivity index (χ3n) is 3.80. The molecular weight excluding hydrogens is 527 g/mol. The molecule has 1 aromatic rings. The highest BCUT2D eigenvalue weighted by Crippen LogP contribution is 2.45. The van der Waals surface area contributed by atoms with Gasteiger partial charge in [-0.05, 0) is 62.4 Å². The first-order valence-corrected chi connectivity index (χ1v) is 10.2. The molecule has 0 radical (unpaired) electrons. The molecule has 0 bridgehead atoms. The van der Waals surface area contributed by atoms with E-state index in [0.717, 1.165) is 8.04 Å². The fourth-order valence-electron chi connectivity index (χ4n) is 2.82. The average molecular weight is 547 g/mol. The van der Waals surface area contributed by atoms with E-state index < -0.39 is 11.9 Å². The number of carbonyl (C=O) groups excluding carboxylic acids is 1. The Morgan fingerprint density at radius 2 is 2.15 bits per heavy atom. The number of esters is 1. The van der Waals surface area contributed by atoms with Crippen molar-refractivity contribution in [3.05, 3.63) is 48.5 Å². The summed E-state index contributed by atoms with van der Waals surface area (Å²) in [7, 11) is 0. The molecule has 0 aliphatic carbocycles. The highest BCUT2D eigenvalue weighted by Gasteiger charge is 2.38. The Morgan fingerprint density at radius 1 is 1.48 bits per heavy atom. The summed E-state index contributed by atoms with van der Waals surface area (Å²) < 4.78 is 18.3. The molecule has 1 unspecified atom stereocenters. The SMILES string of the molecule is CCOC(=O)C1=C(C)OC(N)=C(C#N)C1c1cc(Br)cc(I)c1OC(C)C. The largest absolute Gasteiger partial charge is 0.490 e. The first-order chi connectivity index (χ1) is 12.7. The topological polar surface area (TPSA) is 94.6 Å². The minimum atomic E-state index is -0.748. The molecule has 0 fully saturated rings. The lowest BCUT2D eigenvalue weighted by atomic mass is 9.82. The maximum atomic E-state index is 12.7. The number of benzene rings is 1. The number of nitrogens with zero attached hydrogens (tertiary/aromatic N) is 1. The summed E-state index contributed by atoms with van der Waals surface area (Å²) in [4.78, 5) is 12.7. The summed E-state index contributed by atoms with van der Waals surface area (Å²) in [5.74, 6) is -0.428. The Morgan fingerprint density at radius 3 is 2.70 bits per heavy atom. The van der Waals surface area contributed by atoms with Gasteiger partial charge in [-0.15, -0.1) is 0 Å². The van der Waals surface area contributed by atoms with Crippen LogP contribution in [0.5, 0.6) is 5.75 Å². The second-order valence-corrected chi connectivity index (χ2v) is 8.17. The zero-order chi connectivity index (χ0) is 20.3. The fraction of sp³-hybridized carbons (Fsp3) is 0.368. The first-order valence-electron chi connectivity index (χ1n) is 8.32. The van der Waals surface area contributed by atoms with Gasteiger partial charge < -0.3 is 19.9 Å². The van der Waals surface area contributed by atoms with Crippen LogP contribution in [-0.2, 0) is 14.3 Å². The monoisotopic (exact) mass is 546 g/mol. The standard InChI is InChI=1S/C19H20BrIN2O4/c1-5-25-19(24)15-10(4)27-18(23)13(8-22)16(15)12-6-11(20)7-14(21)17(12)26-9(2)3/h6-7,9,16H,5,23H2,1-4H3.